The number of carboxylic acid groups (broad SMARTS) is 1. The van der Waals surface area contributed by atoms with Crippen LogP contribution >= 0.6 is 11.3 Å². The summed E-state index contributed by atoms with van der Waals surface area (Å²) < 4.78 is 0. The lowest BCUT2D eigenvalue weighted by atomic mass is 9.90. The molecule has 0 aliphatic carbocycles. The second kappa shape index (κ2) is 5.28. The monoisotopic (exact) mass is 282 g/mol. The Morgan fingerprint density at radius 2 is 2.32 bits per heavy atom. The molecule has 1 aliphatic heterocycles. The van der Waals surface area contributed by atoms with Gasteiger partial charge < -0.3 is 10.0 Å². The predicted octanol–water partition coefficient (Wildman–Crippen LogP) is 1.57. The van der Waals surface area contributed by atoms with Crippen LogP contribution in [0.2, 0.25) is 0 Å². The van der Waals surface area contributed by atoms with Crippen molar-refractivity contribution in [1.82, 2.24) is 9.88 Å². The number of nitrogens with zero attached hydrogens (tertiary/aromatic N) is 2. The minimum atomic E-state index is -0.829. The van der Waals surface area contributed by atoms with Crippen molar-refractivity contribution in [2.75, 3.05) is 13.1 Å². The molecule has 19 heavy (non-hydrogen) atoms. The highest BCUT2D eigenvalue weighted by atomic mass is 32.1. The Morgan fingerprint density at radius 1 is 1.58 bits per heavy atom. The first kappa shape index (κ1) is 14.0. The molecule has 0 bridgehead atoms. The van der Waals surface area contributed by atoms with E-state index in [4.69, 9.17) is 5.11 Å². The predicted molar refractivity (Wildman–Crippen MR) is 72.1 cm³/mol. The van der Waals surface area contributed by atoms with E-state index in [1.807, 2.05) is 12.3 Å². The number of aryl methyl sites for hydroxylation is 1. The van der Waals surface area contributed by atoms with E-state index in [1.54, 1.807) is 23.2 Å². The molecule has 0 spiro atoms. The van der Waals surface area contributed by atoms with Gasteiger partial charge in [0.25, 0.3) is 0 Å². The van der Waals surface area contributed by atoms with E-state index in [-0.39, 0.29) is 12.3 Å². The minimum Gasteiger partial charge on any atom is -0.481 e. The Bertz CT molecular complexity index is 500. The van der Waals surface area contributed by atoms with Crippen LogP contribution in [-0.2, 0) is 22.4 Å². The first-order valence-corrected chi connectivity index (χ1v) is 7.27. The molecule has 0 radical (unpaired) electrons. The summed E-state index contributed by atoms with van der Waals surface area (Å²) >= 11 is 1.56. The summed E-state index contributed by atoms with van der Waals surface area (Å²) in [4.78, 5) is 29.3. The van der Waals surface area contributed by atoms with Crippen molar-refractivity contribution in [1.29, 1.82) is 0 Å². The van der Waals surface area contributed by atoms with E-state index < -0.39 is 11.4 Å². The maximum Gasteiger partial charge on any atom is 0.311 e. The fourth-order valence-electron chi connectivity index (χ4n) is 2.21. The molecule has 1 N–H and O–H groups in total. The van der Waals surface area contributed by atoms with Crippen LogP contribution in [0.1, 0.15) is 31.0 Å². The van der Waals surface area contributed by atoms with Crippen LogP contribution in [-0.4, -0.2) is 40.0 Å². The molecule has 1 aromatic rings. The zero-order valence-corrected chi connectivity index (χ0v) is 12.0. The molecule has 5 nitrogen and oxygen atoms in total. The first-order chi connectivity index (χ1) is 8.94. The number of amides is 1. The minimum absolute atomic E-state index is 0.0297. The van der Waals surface area contributed by atoms with Crippen molar-refractivity contribution < 1.29 is 14.7 Å². The van der Waals surface area contributed by atoms with E-state index in [9.17, 15) is 9.59 Å². The Kier molecular flexibility index (Phi) is 3.89. The highest BCUT2D eigenvalue weighted by Crippen LogP contribution is 2.30. The van der Waals surface area contributed by atoms with Crippen LogP contribution in [0, 0.1) is 5.41 Å². The summed E-state index contributed by atoms with van der Waals surface area (Å²) in [6.07, 6.45) is 1.66. The maximum absolute atomic E-state index is 12.1. The molecule has 2 heterocycles. The molecule has 1 atom stereocenters. The van der Waals surface area contributed by atoms with Gasteiger partial charge >= 0.3 is 5.97 Å². The molecule has 2 rings (SSSR count). The number of thiazole rings is 1. The van der Waals surface area contributed by atoms with Gasteiger partial charge in [-0.2, -0.15) is 0 Å². The van der Waals surface area contributed by atoms with Crippen molar-refractivity contribution >= 4 is 23.2 Å². The molecule has 1 aliphatic rings. The fourth-order valence-corrected chi connectivity index (χ4v) is 2.95. The number of carbonyl (C=O) groups is 2. The van der Waals surface area contributed by atoms with Gasteiger partial charge in [0.05, 0.1) is 22.5 Å². The second-order valence-electron chi connectivity index (χ2n) is 5.19. The van der Waals surface area contributed by atoms with Crippen LogP contribution in [0.3, 0.4) is 0 Å². The number of carbonyl (C=O) groups excluding carboxylic acids is 1. The van der Waals surface area contributed by atoms with Crippen molar-refractivity contribution in [2.45, 2.75) is 33.1 Å². The normalized spacial score (nSPS) is 22.7. The highest BCUT2D eigenvalue weighted by Gasteiger charge is 2.41. The van der Waals surface area contributed by atoms with E-state index in [0.717, 1.165) is 17.1 Å². The Balaban J connectivity index is 1.96. The van der Waals surface area contributed by atoms with Crippen molar-refractivity contribution in [3.63, 3.8) is 0 Å². The zero-order valence-electron chi connectivity index (χ0n) is 11.2. The number of likely N-dealkylation sites (tertiary alicyclic amines) is 1. The summed E-state index contributed by atoms with van der Waals surface area (Å²) in [6, 6.07) is 0. The number of carboxylic acids is 1. The lowest BCUT2D eigenvalue weighted by Gasteiger charge is -2.19. The Hall–Kier alpha value is -1.43. The van der Waals surface area contributed by atoms with Gasteiger partial charge in [-0.1, -0.05) is 6.92 Å². The summed E-state index contributed by atoms with van der Waals surface area (Å²) in [6.45, 7) is 4.54. The molecule has 0 aromatic carbocycles. The molecule has 104 valence electrons. The van der Waals surface area contributed by atoms with Crippen LogP contribution in [0.5, 0.6) is 0 Å². The zero-order chi connectivity index (χ0) is 14.0. The number of rotatable bonds is 4. The van der Waals surface area contributed by atoms with Gasteiger partial charge in [0.15, 0.2) is 0 Å². The van der Waals surface area contributed by atoms with Gasteiger partial charge in [0.2, 0.25) is 5.91 Å². The molecular formula is C13H18N2O3S. The molecule has 1 fully saturated rings. The fraction of sp³-hybridized carbons (Fsp3) is 0.615. The number of hydrogen-bond acceptors (Lipinski definition) is 4. The van der Waals surface area contributed by atoms with E-state index in [0.29, 0.717) is 19.5 Å². The van der Waals surface area contributed by atoms with Crippen LogP contribution in [0.15, 0.2) is 5.38 Å². The Morgan fingerprint density at radius 3 is 2.84 bits per heavy atom. The van der Waals surface area contributed by atoms with Crippen molar-refractivity contribution in [3.05, 3.63) is 16.1 Å². The van der Waals surface area contributed by atoms with Gasteiger partial charge in [-0.3, -0.25) is 9.59 Å². The molecule has 1 saturated heterocycles. The molecule has 1 amide bonds. The van der Waals surface area contributed by atoms with Crippen molar-refractivity contribution in [2.24, 2.45) is 5.41 Å². The highest BCUT2D eigenvalue weighted by molar-refractivity contribution is 7.09. The van der Waals surface area contributed by atoms with E-state index in [2.05, 4.69) is 4.98 Å². The maximum atomic E-state index is 12.1. The smallest absolute Gasteiger partial charge is 0.311 e. The number of aliphatic carboxylic acids is 1. The van der Waals surface area contributed by atoms with Gasteiger partial charge in [0.1, 0.15) is 0 Å². The second-order valence-corrected chi connectivity index (χ2v) is 6.14. The Labute approximate surface area is 116 Å². The summed E-state index contributed by atoms with van der Waals surface area (Å²) in [5.41, 5.74) is -0.0115. The summed E-state index contributed by atoms with van der Waals surface area (Å²) in [7, 11) is 0. The first-order valence-electron chi connectivity index (χ1n) is 6.39. The van der Waals surface area contributed by atoms with Crippen LogP contribution in [0.4, 0.5) is 0 Å². The molecule has 0 unspecified atom stereocenters. The van der Waals surface area contributed by atoms with Crippen LogP contribution in [0.25, 0.3) is 0 Å². The molecule has 1 aromatic heterocycles. The third-order valence-corrected chi connectivity index (χ3v) is 4.62. The quantitative estimate of drug-likeness (QED) is 0.910. The van der Waals surface area contributed by atoms with Gasteiger partial charge in [-0.15, -0.1) is 11.3 Å². The largest absolute Gasteiger partial charge is 0.481 e. The van der Waals surface area contributed by atoms with Gasteiger partial charge in [-0.05, 0) is 19.8 Å². The van der Waals surface area contributed by atoms with Gasteiger partial charge in [-0.25, -0.2) is 4.98 Å². The SMILES string of the molecule is CCc1nc(CC(=O)N2CC[C@](C)(C(=O)O)C2)cs1. The van der Waals surface area contributed by atoms with E-state index >= 15 is 0 Å². The van der Waals surface area contributed by atoms with E-state index in [1.165, 1.54) is 0 Å². The molecular weight excluding hydrogens is 264 g/mol. The lowest BCUT2D eigenvalue weighted by molar-refractivity contribution is -0.147. The lowest BCUT2D eigenvalue weighted by Crippen LogP contribution is -2.35. The molecule has 0 saturated carbocycles. The topological polar surface area (TPSA) is 70.5 Å². The van der Waals surface area contributed by atoms with Crippen molar-refractivity contribution in [3.8, 4) is 0 Å². The average Bonchev–Trinajstić information content (AvgIpc) is 2.96. The van der Waals surface area contributed by atoms with Gasteiger partial charge in [0, 0.05) is 18.5 Å². The summed E-state index contributed by atoms with van der Waals surface area (Å²) in [5.74, 6) is -0.859. The third kappa shape index (κ3) is 2.94. The number of aromatic nitrogens is 1. The standard InChI is InChI=1S/C13H18N2O3S/c1-3-10-14-9(7-19-10)6-11(16)15-5-4-13(2,8-15)12(17)18/h7H,3-6,8H2,1-2H3,(H,17,18)/t13-/m0/s1. The van der Waals surface area contributed by atoms with Crippen LogP contribution < -0.4 is 0 Å². The number of hydrogen-bond donors (Lipinski definition) is 1. The third-order valence-electron chi connectivity index (χ3n) is 3.58. The average molecular weight is 282 g/mol. The summed E-state index contributed by atoms with van der Waals surface area (Å²) in [5, 5.41) is 12.1. The molecule has 6 heteroatoms.